The van der Waals surface area contributed by atoms with Crippen LogP contribution in [0.25, 0.3) is 0 Å². The molecular weight excluding hydrogens is 360 g/mol. The maximum absolute atomic E-state index is 12.0. The number of rotatable bonds is 9. The Kier molecular flexibility index (Phi) is 6.10. The summed E-state index contributed by atoms with van der Waals surface area (Å²) in [5, 5.41) is 10.0. The van der Waals surface area contributed by atoms with E-state index in [0.29, 0.717) is 48.2 Å². The molecule has 0 spiro atoms. The van der Waals surface area contributed by atoms with Crippen molar-refractivity contribution in [2.45, 2.75) is 37.5 Å². The van der Waals surface area contributed by atoms with Gasteiger partial charge in [-0.2, -0.15) is 5.26 Å². The van der Waals surface area contributed by atoms with Gasteiger partial charge in [-0.1, -0.05) is 6.07 Å². The summed E-state index contributed by atoms with van der Waals surface area (Å²) < 4.78 is 21.8. The van der Waals surface area contributed by atoms with Gasteiger partial charge >= 0.3 is 0 Å². The van der Waals surface area contributed by atoms with Crippen LogP contribution in [0.3, 0.4) is 0 Å². The van der Waals surface area contributed by atoms with E-state index in [9.17, 15) is 10.1 Å². The summed E-state index contributed by atoms with van der Waals surface area (Å²) in [6, 6.07) is 7.92. The van der Waals surface area contributed by atoms with E-state index in [4.69, 9.17) is 24.7 Å². The predicted molar refractivity (Wildman–Crippen MR) is 102 cm³/mol. The second-order valence-electron chi connectivity index (χ2n) is 7.31. The van der Waals surface area contributed by atoms with Crippen LogP contribution in [0.5, 0.6) is 11.5 Å². The van der Waals surface area contributed by atoms with Gasteiger partial charge in [-0.3, -0.25) is 4.79 Å². The first-order valence-corrected chi connectivity index (χ1v) is 9.39. The van der Waals surface area contributed by atoms with E-state index in [2.05, 4.69) is 6.07 Å². The number of methoxy groups -OCH3 is 2. The lowest BCUT2D eigenvalue weighted by atomic mass is 9.69. The van der Waals surface area contributed by atoms with Gasteiger partial charge in [0.25, 0.3) is 0 Å². The molecule has 1 saturated carbocycles. The fourth-order valence-corrected chi connectivity index (χ4v) is 3.47. The lowest BCUT2D eigenvalue weighted by Gasteiger charge is -2.33. The summed E-state index contributed by atoms with van der Waals surface area (Å²) in [5.74, 6) is 1.76. The van der Waals surface area contributed by atoms with Crippen molar-refractivity contribution in [3.05, 3.63) is 35.1 Å². The van der Waals surface area contributed by atoms with Crippen LogP contribution in [-0.2, 0) is 19.7 Å². The van der Waals surface area contributed by atoms with Crippen molar-refractivity contribution in [1.82, 2.24) is 0 Å². The van der Waals surface area contributed by atoms with Gasteiger partial charge in [0.1, 0.15) is 5.76 Å². The van der Waals surface area contributed by atoms with Crippen molar-refractivity contribution in [3.63, 3.8) is 0 Å². The zero-order valence-corrected chi connectivity index (χ0v) is 16.3. The van der Waals surface area contributed by atoms with Crippen LogP contribution >= 0.6 is 0 Å². The topological polar surface area (TPSA) is 104 Å². The minimum Gasteiger partial charge on any atom is -0.493 e. The van der Waals surface area contributed by atoms with Gasteiger partial charge in [-0.05, 0) is 42.9 Å². The molecule has 1 aromatic rings. The van der Waals surface area contributed by atoms with Gasteiger partial charge < -0.3 is 24.7 Å². The molecule has 2 N–H and O–H groups in total. The molecule has 0 heterocycles. The lowest BCUT2D eigenvalue weighted by Crippen LogP contribution is -2.33. The van der Waals surface area contributed by atoms with Crippen molar-refractivity contribution in [2.75, 3.05) is 27.6 Å². The van der Waals surface area contributed by atoms with Crippen LogP contribution in [0.2, 0.25) is 0 Å². The lowest BCUT2D eigenvalue weighted by molar-refractivity contribution is -0.115. The monoisotopic (exact) mass is 386 g/mol. The molecule has 1 atom stereocenters. The highest BCUT2D eigenvalue weighted by Crippen LogP contribution is 2.44. The van der Waals surface area contributed by atoms with Crippen LogP contribution in [0.15, 0.2) is 29.5 Å². The average molecular weight is 386 g/mol. The predicted octanol–water partition coefficient (Wildman–Crippen LogP) is 2.79. The standard InChI is InChI=1S/C21H26N2O5/c1-25-13-28-17-7-8-21(12-22,10-16(17)20(23)24)15-5-6-18(26-2)19(9-15)27-11-14-3-4-14/h5-6,9,14H,3-4,7-8,10-11,13H2,1-2H3,(H2,23,24). The molecule has 28 heavy (non-hydrogen) atoms. The number of carbonyl (C=O) groups is 1. The molecule has 2 aliphatic rings. The Labute approximate surface area is 165 Å². The van der Waals surface area contributed by atoms with Crippen LogP contribution in [0, 0.1) is 17.2 Å². The van der Waals surface area contributed by atoms with E-state index in [1.165, 1.54) is 20.0 Å². The van der Waals surface area contributed by atoms with Crippen molar-refractivity contribution in [3.8, 4) is 17.6 Å². The molecule has 150 valence electrons. The molecular formula is C21H26N2O5. The first-order valence-electron chi connectivity index (χ1n) is 9.39. The fourth-order valence-electron chi connectivity index (χ4n) is 3.47. The molecule has 7 nitrogen and oxygen atoms in total. The van der Waals surface area contributed by atoms with E-state index in [-0.39, 0.29) is 13.2 Å². The molecule has 0 bridgehead atoms. The first-order chi connectivity index (χ1) is 13.5. The number of benzene rings is 1. The Bertz CT molecular complexity index is 810. The molecule has 1 unspecified atom stereocenters. The van der Waals surface area contributed by atoms with Crippen LogP contribution < -0.4 is 15.2 Å². The van der Waals surface area contributed by atoms with Crippen LogP contribution in [0.1, 0.15) is 37.7 Å². The molecule has 2 aliphatic carbocycles. The number of nitriles is 1. The molecule has 0 aromatic heterocycles. The highest BCUT2D eigenvalue weighted by Gasteiger charge is 2.40. The van der Waals surface area contributed by atoms with E-state index >= 15 is 0 Å². The summed E-state index contributed by atoms with van der Waals surface area (Å²) >= 11 is 0. The van der Waals surface area contributed by atoms with Gasteiger partial charge in [0.05, 0.1) is 30.8 Å². The van der Waals surface area contributed by atoms with Gasteiger partial charge in [-0.15, -0.1) is 0 Å². The van der Waals surface area contributed by atoms with Gasteiger partial charge in [0, 0.05) is 20.0 Å². The summed E-state index contributed by atoms with van der Waals surface area (Å²) in [5.41, 5.74) is 5.81. The van der Waals surface area contributed by atoms with Gasteiger partial charge in [0.15, 0.2) is 18.3 Å². The zero-order chi connectivity index (χ0) is 20.1. The number of allylic oxidation sites excluding steroid dienone is 1. The summed E-state index contributed by atoms with van der Waals surface area (Å²) in [4.78, 5) is 12.0. The van der Waals surface area contributed by atoms with E-state index in [0.717, 1.165) is 5.56 Å². The third kappa shape index (κ3) is 4.23. The molecule has 0 radical (unpaired) electrons. The number of amides is 1. The largest absolute Gasteiger partial charge is 0.493 e. The highest BCUT2D eigenvalue weighted by molar-refractivity contribution is 5.93. The molecule has 1 amide bonds. The maximum atomic E-state index is 12.0. The molecule has 0 aliphatic heterocycles. The number of primary amides is 1. The number of hydrogen-bond acceptors (Lipinski definition) is 6. The molecule has 1 fully saturated rings. The number of hydrogen-bond donors (Lipinski definition) is 1. The summed E-state index contributed by atoms with van der Waals surface area (Å²) in [6.07, 6.45) is 3.49. The van der Waals surface area contributed by atoms with E-state index in [1.54, 1.807) is 13.2 Å². The Morgan fingerprint density at radius 3 is 2.68 bits per heavy atom. The minimum atomic E-state index is -0.881. The number of ether oxygens (including phenoxy) is 4. The average Bonchev–Trinajstić information content (AvgIpc) is 3.54. The highest BCUT2D eigenvalue weighted by atomic mass is 16.7. The number of nitrogens with two attached hydrogens (primary N) is 1. The molecule has 3 rings (SSSR count). The Balaban J connectivity index is 1.91. The Morgan fingerprint density at radius 2 is 2.07 bits per heavy atom. The molecule has 0 saturated heterocycles. The SMILES string of the molecule is COCOC1=C(C(N)=O)CC(C#N)(c2ccc(OC)c(OCC3CC3)c2)CC1. The first kappa shape index (κ1) is 20.0. The van der Waals surface area contributed by atoms with Crippen molar-refractivity contribution in [2.24, 2.45) is 11.7 Å². The van der Waals surface area contributed by atoms with E-state index < -0.39 is 11.3 Å². The molecule has 7 heteroatoms. The third-order valence-electron chi connectivity index (χ3n) is 5.34. The maximum Gasteiger partial charge on any atom is 0.248 e. The van der Waals surface area contributed by atoms with Gasteiger partial charge in [0.2, 0.25) is 5.91 Å². The smallest absolute Gasteiger partial charge is 0.248 e. The second-order valence-corrected chi connectivity index (χ2v) is 7.31. The van der Waals surface area contributed by atoms with Crippen LogP contribution in [-0.4, -0.2) is 33.5 Å². The van der Waals surface area contributed by atoms with Gasteiger partial charge in [-0.25, -0.2) is 0 Å². The van der Waals surface area contributed by atoms with Crippen molar-refractivity contribution in [1.29, 1.82) is 5.26 Å². The Morgan fingerprint density at radius 1 is 1.29 bits per heavy atom. The zero-order valence-electron chi connectivity index (χ0n) is 16.3. The Hall–Kier alpha value is -2.72. The van der Waals surface area contributed by atoms with Crippen molar-refractivity contribution < 1.29 is 23.7 Å². The summed E-state index contributed by atoms with van der Waals surface area (Å²) in [6.45, 7) is 0.675. The van der Waals surface area contributed by atoms with Crippen molar-refractivity contribution >= 4 is 5.91 Å². The minimum absolute atomic E-state index is 0.0351. The summed E-state index contributed by atoms with van der Waals surface area (Å²) in [7, 11) is 3.10. The van der Waals surface area contributed by atoms with E-state index in [1.807, 2.05) is 12.1 Å². The third-order valence-corrected chi connectivity index (χ3v) is 5.34. The number of nitrogens with zero attached hydrogens (tertiary/aromatic N) is 1. The normalized spacial score (nSPS) is 21.8. The van der Waals surface area contributed by atoms with Crippen LogP contribution in [0.4, 0.5) is 0 Å². The fraction of sp³-hybridized carbons (Fsp3) is 0.524. The molecule has 1 aromatic carbocycles. The second kappa shape index (κ2) is 8.53. The quantitative estimate of drug-likeness (QED) is 0.655. The number of carbonyl (C=O) groups excluding carboxylic acids is 1.